The zero-order chi connectivity index (χ0) is 14.7. The molecular weight excluding hydrogens is 254 g/mol. The second-order valence-corrected chi connectivity index (χ2v) is 6.68. The number of nitrogens with one attached hydrogen (secondary N) is 2. The lowest BCUT2D eigenvalue weighted by molar-refractivity contribution is -0.127. The molecule has 2 saturated carbocycles. The van der Waals surface area contributed by atoms with E-state index < -0.39 is 0 Å². The summed E-state index contributed by atoms with van der Waals surface area (Å²) in [4.78, 5) is 23.7. The van der Waals surface area contributed by atoms with E-state index in [1.54, 1.807) is 0 Å². The summed E-state index contributed by atoms with van der Waals surface area (Å²) >= 11 is 0. The molecule has 2 bridgehead atoms. The highest BCUT2D eigenvalue weighted by Crippen LogP contribution is 2.47. The molecule has 4 unspecified atom stereocenters. The number of amides is 2. The van der Waals surface area contributed by atoms with Gasteiger partial charge in [0.05, 0.1) is 5.92 Å². The molecule has 2 fully saturated rings. The molecule has 0 heterocycles. The molecule has 2 amide bonds. The number of fused-ring (bicyclic) bond motifs is 2. The number of hydrogen-bond donors (Lipinski definition) is 3. The van der Waals surface area contributed by atoms with Gasteiger partial charge in [0.15, 0.2) is 0 Å². The number of nitrogens with two attached hydrogens (primary N) is 1. The van der Waals surface area contributed by atoms with E-state index in [4.69, 9.17) is 5.73 Å². The minimum atomic E-state index is -0.0347. The number of rotatable bonds is 6. The maximum Gasteiger partial charge on any atom is 0.224 e. The second-order valence-electron chi connectivity index (χ2n) is 6.68. The van der Waals surface area contributed by atoms with Crippen LogP contribution in [0.25, 0.3) is 0 Å². The number of hydrogen-bond acceptors (Lipinski definition) is 3. The molecule has 0 spiro atoms. The van der Waals surface area contributed by atoms with Gasteiger partial charge in [0.25, 0.3) is 0 Å². The SMILES string of the molecule is CC(C)CNC(=O)CCNC(=O)C1C2CCC(C2)C1N. The van der Waals surface area contributed by atoms with E-state index in [1.165, 1.54) is 6.42 Å². The van der Waals surface area contributed by atoms with Gasteiger partial charge in [-0.3, -0.25) is 9.59 Å². The summed E-state index contributed by atoms with van der Waals surface area (Å²) in [5, 5.41) is 5.72. The van der Waals surface area contributed by atoms with Gasteiger partial charge in [-0.25, -0.2) is 0 Å². The van der Waals surface area contributed by atoms with E-state index in [0.717, 1.165) is 12.8 Å². The minimum absolute atomic E-state index is 0.00348. The van der Waals surface area contributed by atoms with Crippen molar-refractivity contribution in [2.45, 2.75) is 45.6 Å². The first-order valence-corrected chi connectivity index (χ1v) is 7.79. The summed E-state index contributed by atoms with van der Waals surface area (Å²) < 4.78 is 0. The molecule has 0 radical (unpaired) electrons. The van der Waals surface area contributed by atoms with Crippen molar-refractivity contribution in [3.8, 4) is 0 Å². The van der Waals surface area contributed by atoms with Crippen molar-refractivity contribution < 1.29 is 9.59 Å². The van der Waals surface area contributed by atoms with Gasteiger partial charge in [0.1, 0.15) is 0 Å². The quantitative estimate of drug-likeness (QED) is 0.668. The maximum atomic E-state index is 12.2. The largest absolute Gasteiger partial charge is 0.356 e. The number of carbonyl (C=O) groups is 2. The third kappa shape index (κ3) is 3.51. The lowest BCUT2D eigenvalue weighted by Gasteiger charge is -2.26. The summed E-state index contributed by atoms with van der Waals surface area (Å²) in [5.41, 5.74) is 6.14. The van der Waals surface area contributed by atoms with Crippen molar-refractivity contribution in [1.82, 2.24) is 10.6 Å². The van der Waals surface area contributed by atoms with Crippen LogP contribution >= 0.6 is 0 Å². The molecule has 2 aliphatic rings. The van der Waals surface area contributed by atoms with Crippen molar-refractivity contribution in [3.63, 3.8) is 0 Å². The first-order valence-electron chi connectivity index (χ1n) is 7.79. The molecule has 4 atom stereocenters. The topological polar surface area (TPSA) is 84.2 Å². The van der Waals surface area contributed by atoms with Gasteiger partial charge in [-0.15, -0.1) is 0 Å². The first-order chi connectivity index (χ1) is 9.49. The van der Waals surface area contributed by atoms with Crippen LogP contribution < -0.4 is 16.4 Å². The lowest BCUT2D eigenvalue weighted by atomic mass is 9.84. The van der Waals surface area contributed by atoms with Crippen molar-refractivity contribution in [2.75, 3.05) is 13.1 Å². The Morgan fingerprint density at radius 1 is 1.20 bits per heavy atom. The van der Waals surface area contributed by atoms with Crippen LogP contribution in [0.4, 0.5) is 0 Å². The Balaban J connectivity index is 1.67. The summed E-state index contributed by atoms with van der Waals surface area (Å²) in [6.07, 6.45) is 3.75. The molecule has 2 aliphatic carbocycles. The zero-order valence-electron chi connectivity index (χ0n) is 12.5. The van der Waals surface area contributed by atoms with Crippen LogP contribution in [-0.2, 0) is 9.59 Å². The van der Waals surface area contributed by atoms with Crippen molar-refractivity contribution in [1.29, 1.82) is 0 Å². The van der Waals surface area contributed by atoms with Gasteiger partial charge in [0.2, 0.25) is 11.8 Å². The standard InChI is InChI=1S/C15H27N3O2/c1-9(2)8-18-12(19)5-6-17-15(20)13-10-3-4-11(7-10)14(13)16/h9-11,13-14H,3-8,16H2,1-2H3,(H,17,20)(H,18,19). The van der Waals surface area contributed by atoms with Crippen molar-refractivity contribution in [2.24, 2.45) is 29.4 Å². The summed E-state index contributed by atoms with van der Waals surface area (Å²) in [6, 6.07) is 0.0171. The molecule has 5 heteroatoms. The Bertz CT molecular complexity index is 368. The predicted octanol–water partition coefficient (Wildman–Crippen LogP) is 0.638. The fourth-order valence-electron chi connectivity index (χ4n) is 3.55. The van der Waals surface area contributed by atoms with Crippen molar-refractivity contribution >= 4 is 11.8 Å². The van der Waals surface area contributed by atoms with Crippen LogP contribution in [0.15, 0.2) is 0 Å². The molecule has 114 valence electrons. The van der Waals surface area contributed by atoms with Crippen LogP contribution in [0.1, 0.15) is 39.5 Å². The van der Waals surface area contributed by atoms with Gasteiger partial charge in [-0.05, 0) is 37.0 Å². The molecule has 0 aromatic heterocycles. The van der Waals surface area contributed by atoms with Gasteiger partial charge in [-0.2, -0.15) is 0 Å². The van der Waals surface area contributed by atoms with E-state index in [0.29, 0.717) is 37.3 Å². The van der Waals surface area contributed by atoms with Crippen LogP contribution in [0.2, 0.25) is 0 Å². The third-order valence-corrected chi connectivity index (χ3v) is 4.64. The average molecular weight is 281 g/mol. The Hall–Kier alpha value is -1.10. The van der Waals surface area contributed by atoms with Crippen LogP contribution in [0, 0.1) is 23.7 Å². The minimum Gasteiger partial charge on any atom is -0.356 e. The van der Waals surface area contributed by atoms with E-state index >= 15 is 0 Å². The van der Waals surface area contributed by atoms with Gasteiger partial charge in [-0.1, -0.05) is 13.8 Å². The van der Waals surface area contributed by atoms with Gasteiger partial charge in [0, 0.05) is 25.6 Å². The van der Waals surface area contributed by atoms with E-state index in [1.807, 2.05) is 0 Å². The normalized spacial score (nSPS) is 31.6. The van der Waals surface area contributed by atoms with E-state index in [2.05, 4.69) is 24.5 Å². The smallest absolute Gasteiger partial charge is 0.224 e. The highest BCUT2D eigenvalue weighted by atomic mass is 16.2. The summed E-state index contributed by atoms with van der Waals surface area (Å²) in [5.74, 6) is 1.44. The summed E-state index contributed by atoms with van der Waals surface area (Å²) in [7, 11) is 0. The fourth-order valence-corrected chi connectivity index (χ4v) is 3.55. The molecule has 20 heavy (non-hydrogen) atoms. The molecule has 0 aromatic rings. The molecule has 0 saturated heterocycles. The fraction of sp³-hybridized carbons (Fsp3) is 0.867. The Kier molecular flexibility index (Phi) is 5.02. The Morgan fingerprint density at radius 2 is 1.90 bits per heavy atom. The molecule has 4 N–H and O–H groups in total. The lowest BCUT2D eigenvalue weighted by Crippen LogP contribution is -2.46. The molecule has 0 aliphatic heterocycles. The highest BCUT2D eigenvalue weighted by molar-refractivity contribution is 5.81. The van der Waals surface area contributed by atoms with Crippen LogP contribution in [-0.4, -0.2) is 30.9 Å². The van der Waals surface area contributed by atoms with Gasteiger partial charge >= 0.3 is 0 Å². The second kappa shape index (κ2) is 6.57. The highest BCUT2D eigenvalue weighted by Gasteiger charge is 2.48. The van der Waals surface area contributed by atoms with Crippen LogP contribution in [0.3, 0.4) is 0 Å². The monoisotopic (exact) mass is 281 g/mol. The van der Waals surface area contributed by atoms with E-state index in [-0.39, 0.29) is 23.8 Å². The zero-order valence-corrected chi connectivity index (χ0v) is 12.5. The Labute approximate surface area is 121 Å². The third-order valence-electron chi connectivity index (χ3n) is 4.64. The van der Waals surface area contributed by atoms with Crippen LogP contribution in [0.5, 0.6) is 0 Å². The van der Waals surface area contributed by atoms with Crippen molar-refractivity contribution in [3.05, 3.63) is 0 Å². The Morgan fingerprint density at radius 3 is 2.50 bits per heavy atom. The summed E-state index contributed by atoms with van der Waals surface area (Å²) in [6.45, 7) is 5.20. The van der Waals surface area contributed by atoms with Gasteiger partial charge < -0.3 is 16.4 Å². The predicted molar refractivity (Wildman–Crippen MR) is 77.8 cm³/mol. The molecule has 5 nitrogen and oxygen atoms in total. The molecule has 2 rings (SSSR count). The molecular formula is C15H27N3O2. The van der Waals surface area contributed by atoms with E-state index in [9.17, 15) is 9.59 Å². The maximum absolute atomic E-state index is 12.2. The number of carbonyl (C=O) groups excluding carboxylic acids is 2. The average Bonchev–Trinajstić information content (AvgIpc) is 2.96. The first kappa shape index (κ1) is 15.3. The molecule has 0 aromatic carbocycles.